The van der Waals surface area contributed by atoms with Gasteiger partial charge in [-0.3, -0.25) is 9.36 Å². The van der Waals surface area contributed by atoms with E-state index in [0.717, 1.165) is 19.3 Å². The molecule has 2 aliphatic rings. The van der Waals surface area contributed by atoms with Crippen LogP contribution in [0, 0.1) is 17.8 Å². The lowest BCUT2D eigenvalue weighted by atomic mass is 9.70. The first-order valence-electron chi connectivity index (χ1n) is 6.36. The predicted molar refractivity (Wildman–Crippen MR) is 65.3 cm³/mol. The summed E-state index contributed by atoms with van der Waals surface area (Å²) in [6.45, 7) is 0.713. The number of rotatable bonds is 3. The maximum Gasteiger partial charge on any atom is 0.325 e. The van der Waals surface area contributed by atoms with Crippen LogP contribution < -0.4 is 5.32 Å². The van der Waals surface area contributed by atoms with Gasteiger partial charge in [-0.15, -0.1) is 0 Å². The second-order valence-electron chi connectivity index (χ2n) is 5.58. The molecular formula is C11H20NO5P. The summed E-state index contributed by atoms with van der Waals surface area (Å²) in [7, 11) is -3.95. The van der Waals surface area contributed by atoms with Crippen molar-refractivity contribution in [2.24, 2.45) is 17.8 Å². The molecule has 7 heteroatoms. The highest BCUT2D eigenvalue weighted by molar-refractivity contribution is 7.51. The summed E-state index contributed by atoms with van der Waals surface area (Å²) >= 11 is 0. The van der Waals surface area contributed by atoms with Crippen LogP contribution >= 0.6 is 7.60 Å². The molecule has 4 N–H and O–H groups in total. The Bertz CT molecular complexity index is 368. The molecule has 1 heterocycles. The van der Waals surface area contributed by atoms with Crippen molar-refractivity contribution in [3.05, 3.63) is 0 Å². The summed E-state index contributed by atoms with van der Waals surface area (Å²) < 4.78 is 11.0. The Hall–Kier alpha value is -0.420. The van der Waals surface area contributed by atoms with Crippen molar-refractivity contribution in [3.8, 4) is 0 Å². The third-order valence-corrected chi connectivity index (χ3v) is 5.20. The van der Waals surface area contributed by atoms with Crippen molar-refractivity contribution in [1.82, 2.24) is 5.32 Å². The van der Waals surface area contributed by atoms with Gasteiger partial charge in [-0.2, -0.15) is 0 Å². The second-order valence-corrected chi connectivity index (χ2v) is 7.28. The molecule has 1 unspecified atom stereocenters. The number of nitrogens with one attached hydrogen (secondary N) is 1. The zero-order chi connectivity index (χ0) is 13.3. The number of fused-ring (bicyclic) bond motifs is 1. The van der Waals surface area contributed by atoms with Crippen molar-refractivity contribution >= 4 is 13.6 Å². The van der Waals surface area contributed by atoms with Gasteiger partial charge in [0.05, 0.1) is 6.16 Å². The molecule has 1 saturated carbocycles. The average Bonchev–Trinajstić information content (AvgIpc) is 2.25. The summed E-state index contributed by atoms with van der Waals surface area (Å²) in [5.74, 6) is -0.0311. The van der Waals surface area contributed by atoms with Crippen molar-refractivity contribution < 1.29 is 24.3 Å². The molecule has 0 spiro atoms. The third kappa shape index (κ3) is 3.54. The van der Waals surface area contributed by atoms with Gasteiger partial charge in [-0.1, -0.05) is 0 Å². The number of carboxylic acid groups (broad SMARTS) is 1. The third-order valence-electron chi connectivity index (χ3n) is 4.21. The van der Waals surface area contributed by atoms with Gasteiger partial charge in [-0.05, 0) is 50.0 Å². The summed E-state index contributed by atoms with van der Waals surface area (Å²) in [4.78, 5) is 29.0. The van der Waals surface area contributed by atoms with Crippen LogP contribution in [0.25, 0.3) is 0 Å². The normalized spacial score (nSPS) is 37.0. The average molecular weight is 277 g/mol. The molecule has 4 atom stereocenters. The lowest BCUT2D eigenvalue weighted by Gasteiger charge is -2.41. The lowest BCUT2D eigenvalue weighted by molar-refractivity contribution is -0.141. The monoisotopic (exact) mass is 277 g/mol. The quantitative estimate of drug-likeness (QED) is 0.564. The van der Waals surface area contributed by atoms with Gasteiger partial charge in [0.15, 0.2) is 0 Å². The zero-order valence-corrected chi connectivity index (χ0v) is 11.1. The van der Waals surface area contributed by atoms with Gasteiger partial charge in [0.1, 0.15) is 6.04 Å². The van der Waals surface area contributed by atoms with E-state index in [2.05, 4.69) is 5.32 Å². The fourth-order valence-electron chi connectivity index (χ4n) is 3.35. The molecule has 1 saturated heterocycles. The fraction of sp³-hybridized carbons (Fsp3) is 0.909. The fourth-order valence-corrected chi connectivity index (χ4v) is 4.36. The van der Waals surface area contributed by atoms with Crippen LogP contribution in [0.4, 0.5) is 0 Å². The van der Waals surface area contributed by atoms with Gasteiger partial charge in [-0.25, -0.2) is 0 Å². The van der Waals surface area contributed by atoms with E-state index in [1.165, 1.54) is 0 Å². The minimum Gasteiger partial charge on any atom is -0.480 e. The van der Waals surface area contributed by atoms with Crippen molar-refractivity contribution in [1.29, 1.82) is 0 Å². The van der Waals surface area contributed by atoms with Gasteiger partial charge >= 0.3 is 13.6 Å². The molecule has 1 aliphatic carbocycles. The van der Waals surface area contributed by atoms with Crippen LogP contribution in [0.5, 0.6) is 0 Å². The molecular weight excluding hydrogens is 257 g/mol. The predicted octanol–water partition coefficient (Wildman–Crippen LogP) is 0.643. The first-order valence-corrected chi connectivity index (χ1v) is 8.15. The topological polar surface area (TPSA) is 107 Å². The van der Waals surface area contributed by atoms with E-state index in [9.17, 15) is 9.36 Å². The summed E-state index contributed by atoms with van der Waals surface area (Å²) in [6.07, 6.45) is 3.06. The largest absolute Gasteiger partial charge is 0.480 e. The Kier molecular flexibility index (Phi) is 4.11. The molecule has 2 fully saturated rings. The zero-order valence-electron chi connectivity index (χ0n) is 10.2. The number of piperidine rings is 1. The molecule has 0 amide bonds. The Morgan fingerprint density at radius 1 is 1.22 bits per heavy atom. The van der Waals surface area contributed by atoms with Crippen LogP contribution in [0.1, 0.15) is 25.7 Å². The first-order chi connectivity index (χ1) is 8.35. The Balaban J connectivity index is 1.93. The Labute approximate surface area is 106 Å². The highest BCUT2D eigenvalue weighted by Gasteiger charge is 2.38. The van der Waals surface area contributed by atoms with Crippen LogP contribution in [-0.4, -0.2) is 39.6 Å². The molecule has 0 aromatic carbocycles. The Morgan fingerprint density at radius 3 is 2.56 bits per heavy atom. The Morgan fingerprint density at radius 2 is 1.94 bits per heavy atom. The van der Waals surface area contributed by atoms with Crippen LogP contribution in [0.3, 0.4) is 0 Å². The van der Waals surface area contributed by atoms with Gasteiger partial charge < -0.3 is 20.2 Å². The summed E-state index contributed by atoms with van der Waals surface area (Å²) in [5, 5.41) is 12.0. The number of carbonyl (C=O) groups is 1. The molecule has 1 aliphatic heterocycles. The summed E-state index contributed by atoms with van der Waals surface area (Å²) in [6, 6.07) is -0.500. The van der Waals surface area contributed by atoms with E-state index >= 15 is 0 Å². The van der Waals surface area contributed by atoms with E-state index in [0.29, 0.717) is 18.9 Å². The van der Waals surface area contributed by atoms with Crippen molar-refractivity contribution in [2.75, 3.05) is 12.7 Å². The molecule has 2 rings (SSSR count). The molecule has 0 bridgehead atoms. The van der Waals surface area contributed by atoms with Gasteiger partial charge in [0, 0.05) is 0 Å². The number of hydrogen-bond donors (Lipinski definition) is 4. The summed E-state index contributed by atoms with van der Waals surface area (Å²) in [5.41, 5.74) is 0. The van der Waals surface area contributed by atoms with E-state index in [-0.39, 0.29) is 18.0 Å². The maximum atomic E-state index is 11.0. The molecule has 6 nitrogen and oxygen atoms in total. The SMILES string of the molecule is O=C(O)C1C[C@@H]2C[C@H](CP(=O)(O)O)CC[C@@H]2CN1. The smallest absolute Gasteiger partial charge is 0.325 e. The minimum atomic E-state index is -3.95. The molecule has 104 valence electrons. The van der Waals surface area contributed by atoms with Gasteiger partial charge in [0.25, 0.3) is 0 Å². The van der Waals surface area contributed by atoms with Gasteiger partial charge in [0.2, 0.25) is 0 Å². The van der Waals surface area contributed by atoms with Crippen LogP contribution in [0.2, 0.25) is 0 Å². The number of aliphatic carboxylic acids is 1. The molecule has 0 aromatic rings. The van der Waals surface area contributed by atoms with E-state index in [1.54, 1.807) is 0 Å². The van der Waals surface area contributed by atoms with Crippen LogP contribution in [0.15, 0.2) is 0 Å². The van der Waals surface area contributed by atoms with Crippen LogP contribution in [-0.2, 0) is 9.36 Å². The van der Waals surface area contributed by atoms with Crippen molar-refractivity contribution in [2.45, 2.75) is 31.7 Å². The van der Waals surface area contributed by atoms with Crippen molar-refractivity contribution in [3.63, 3.8) is 0 Å². The van der Waals surface area contributed by atoms with E-state index < -0.39 is 19.6 Å². The first kappa shape index (κ1) is 14.0. The standard InChI is InChI=1S/C11H20NO5P/c13-11(14)10-4-9-3-7(6-18(15,16)17)1-2-8(9)5-12-10/h7-10,12H,1-6H2,(H,13,14)(H2,15,16,17)/t7-,8-,9+,10?/m1/s1. The second kappa shape index (κ2) is 5.29. The van der Waals surface area contributed by atoms with E-state index in [1.807, 2.05) is 0 Å². The number of hydrogen-bond acceptors (Lipinski definition) is 3. The molecule has 0 radical (unpaired) electrons. The minimum absolute atomic E-state index is 0.0413. The maximum absolute atomic E-state index is 11.0. The highest BCUT2D eigenvalue weighted by Crippen LogP contribution is 2.45. The van der Waals surface area contributed by atoms with E-state index in [4.69, 9.17) is 14.9 Å². The molecule has 0 aromatic heterocycles. The number of carboxylic acids is 1. The highest BCUT2D eigenvalue weighted by atomic mass is 31.2. The lowest BCUT2D eigenvalue weighted by Crippen LogP contribution is -2.49. The molecule has 18 heavy (non-hydrogen) atoms.